The molecule has 0 aliphatic heterocycles. The number of halogens is 2. The molecule has 0 aromatic carbocycles. The lowest BCUT2D eigenvalue weighted by atomic mass is 10.6. The topological polar surface area (TPSA) is 68.8 Å². The van der Waals surface area contributed by atoms with Crippen molar-refractivity contribution in [2.24, 2.45) is 0 Å². The van der Waals surface area contributed by atoms with E-state index in [1.54, 1.807) is 0 Å². The number of nitrogen functional groups attached to an aromatic ring is 1. The standard InChI is InChI=1S/C5H9F2N5/c1-5(6,7)9-3-12-10-2-4(8)11-12/h2,9H,3H2,1H3,(H2,8,11). The van der Waals surface area contributed by atoms with Crippen molar-refractivity contribution in [3.63, 3.8) is 0 Å². The third-order valence-electron chi connectivity index (χ3n) is 1.09. The molecule has 5 nitrogen and oxygen atoms in total. The van der Waals surface area contributed by atoms with Crippen LogP contribution in [-0.2, 0) is 6.67 Å². The lowest BCUT2D eigenvalue weighted by molar-refractivity contribution is -0.0249. The van der Waals surface area contributed by atoms with Crippen LogP contribution in [-0.4, -0.2) is 21.0 Å². The van der Waals surface area contributed by atoms with E-state index in [9.17, 15) is 8.78 Å². The molecule has 0 fully saturated rings. The average molecular weight is 177 g/mol. The summed E-state index contributed by atoms with van der Waals surface area (Å²) < 4.78 is 24.4. The van der Waals surface area contributed by atoms with Crippen LogP contribution in [0, 0.1) is 0 Å². The molecule has 0 saturated heterocycles. The van der Waals surface area contributed by atoms with Crippen LogP contribution in [0.5, 0.6) is 0 Å². The summed E-state index contributed by atoms with van der Waals surface area (Å²) in [5.41, 5.74) is 5.21. The molecule has 0 bridgehead atoms. The highest BCUT2D eigenvalue weighted by atomic mass is 19.3. The smallest absolute Gasteiger partial charge is 0.301 e. The maximum absolute atomic E-state index is 12.2. The van der Waals surface area contributed by atoms with Crippen LogP contribution in [0.4, 0.5) is 14.6 Å². The average Bonchev–Trinajstić information content (AvgIpc) is 2.30. The van der Waals surface area contributed by atoms with Gasteiger partial charge in [0.25, 0.3) is 0 Å². The van der Waals surface area contributed by atoms with Crippen molar-refractivity contribution < 1.29 is 8.78 Å². The maximum atomic E-state index is 12.2. The molecule has 68 valence electrons. The van der Waals surface area contributed by atoms with Crippen molar-refractivity contribution in [2.75, 3.05) is 5.73 Å². The van der Waals surface area contributed by atoms with Crippen LogP contribution in [0.3, 0.4) is 0 Å². The molecule has 3 N–H and O–H groups in total. The second-order valence-corrected chi connectivity index (χ2v) is 2.36. The van der Waals surface area contributed by atoms with Crippen LogP contribution in [0.2, 0.25) is 0 Å². The molecule has 7 heteroatoms. The monoisotopic (exact) mass is 177 g/mol. The maximum Gasteiger partial charge on any atom is 0.301 e. The first kappa shape index (κ1) is 8.85. The van der Waals surface area contributed by atoms with E-state index in [0.29, 0.717) is 0 Å². The van der Waals surface area contributed by atoms with Gasteiger partial charge < -0.3 is 5.73 Å². The molecule has 1 aromatic rings. The molecular formula is C5H9F2N5. The summed E-state index contributed by atoms with van der Waals surface area (Å²) in [5.74, 6) is 0.205. The molecule has 0 saturated carbocycles. The second kappa shape index (κ2) is 3.02. The third-order valence-corrected chi connectivity index (χ3v) is 1.09. The summed E-state index contributed by atoms with van der Waals surface area (Å²) in [6.45, 7) is 0.584. The van der Waals surface area contributed by atoms with Gasteiger partial charge in [0.05, 0.1) is 6.20 Å². The van der Waals surface area contributed by atoms with Gasteiger partial charge >= 0.3 is 6.05 Å². The van der Waals surface area contributed by atoms with E-state index < -0.39 is 6.05 Å². The van der Waals surface area contributed by atoms with Crippen molar-refractivity contribution in [2.45, 2.75) is 19.6 Å². The minimum absolute atomic E-state index is 0.166. The first-order chi connectivity index (χ1) is 5.47. The van der Waals surface area contributed by atoms with Crippen LogP contribution in [0.15, 0.2) is 6.20 Å². The summed E-state index contributed by atoms with van der Waals surface area (Å²) in [6.07, 6.45) is 1.29. The fraction of sp³-hybridized carbons (Fsp3) is 0.600. The van der Waals surface area contributed by atoms with Crippen LogP contribution in [0.1, 0.15) is 6.92 Å². The normalized spacial score (nSPS) is 11.9. The van der Waals surface area contributed by atoms with Crippen molar-refractivity contribution in [3.8, 4) is 0 Å². The molecule has 0 atom stereocenters. The van der Waals surface area contributed by atoms with Crippen molar-refractivity contribution in [3.05, 3.63) is 6.20 Å². The van der Waals surface area contributed by atoms with Crippen LogP contribution >= 0.6 is 0 Å². The number of nitrogens with one attached hydrogen (secondary N) is 1. The minimum Gasteiger partial charge on any atom is -0.381 e. The largest absolute Gasteiger partial charge is 0.381 e. The van der Waals surface area contributed by atoms with Crippen molar-refractivity contribution >= 4 is 5.82 Å². The van der Waals surface area contributed by atoms with E-state index in [2.05, 4.69) is 10.2 Å². The van der Waals surface area contributed by atoms with E-state index in [-0.39, 0.29) is 12.5 Å². The molecule has 0 radical (unpaired) electrons. The summed E-state index contributed by atoms with van der Waals surface area (Å²) in [6, 6.07) is -2.93. The number of rotatable bonds is 3. The lowest BCUT2D eigenvalue weighted by Gasteiger charge is -2.10. The number of anilines is 1. The van der Waals surface area contributed by atoms with Gasteiger partial charge in [-0.15, -0.1) is 5.10 Å². The number of nitrogens with zero attached hydrogens (tertiary/aromatic N) is 3. The van der Waals surface area contributed by atoms with Gasteiger partial charge in [-0.2, -0.15) is 18.7 Å². The van der Waals surface area contributed by atoms with Crippen LogP contribution in [0.25, 0.3) is 0 Å². The highest BCUT2D eigenvalue weighted by Gasteiger charge is 2.19. The van der Waals surface area contributed by atoms with Gasteiger partial charge in [-0.05, 0) is 0 Å². The Balaban J connectivity index is 2.44. The second-order valence-electron chi connectivity index (χ2n) is 2.36. The summed E-state index contributed by atoms with van der Waals surface area (Å²) in [4.78, 5) is 1.05. The Morgan fingerprint density at radius 2 is 2.42 bits per heavy atom. The summed E-state index contributed by atoms with van der Waals surface area (Å²) >= 11 is 0. The Kier molecular flexibility index (Phi) is 2.22. The molecule has 0 unspecified atom stereocenters. The molecule has 1 rings (SSSR count). The van der Waals surface area contributed by atoms with Crippen LogP contribution < -0.4 is 11.1 Å². The molecule has 0 aliphatic carbocycles. The summed E-state index contributed by atoms with van der Waals surface area (Å²) in [5, 5.41) is 9.11. The van der Waals surface area contributed by atoms with Crippen molar-refractivity contribution in [1.82, 2.24) is 20.3 Å². The zero-order valence-corrected chi connectivity index (χ0v) is 6.46. The van der Waals surface area contributed by atoms with Gasteiger partial charge in [0.15, 0.2) is 5.82 Å². The zero-order chi connectivity index (χ0) is 9.19. The molecule has 0 spiro atoms. The molecule has 1 heterocycles. The Hall–Kier alpha value is -1.24. The molecule has 0 amide bonds. The minimum atomic E-state index is -2.93. The van der Waals surface area contributed by atoms with E-state index in [0.717, 1.165) is 11.7 Å². The van der Waals surface area contributed by atoms with E-state index >= 15 is 0 Å². The highest BCUT2D eigenvalue weighted by Crippen LogP contribution is 2.05. The number of nitrogens with two attached hydrogens (primary N) is 1. The van der Waals surface area contributed by atoms with Gasteiger partial charge in [-0.1, -0.05) is 0 Å². The quantitative estimate of drug-likeness (QED) is 0.638. The van der Waals surface area contributed by atoms with E-state index in [4.69, 9.17) is 5.73 Å². The van der Waals surface area contributed by atoms with Gasteiger partial charge in [0, 0.05) is 6.92 Å². The SMILES string of the molecule is CC(F)(F)NCn1ncc(N)n1. The highest BCUT2D eigenvalue weighted by molar-refractivity contribution is 5.19. The molecular weight excluding hydrogens is 168 g/mol. The number of aromatic nitrogens is 3. The Morgan fingerprint density at radius 1 is 1.75 bits per heavy atom. The molecule has 1 aromatic heterocycles. The fourth-order valence-corrected chi connectivity index (χ4v) is 0.596. The predicted octanol–water partition coefficient (Wildman–Crippen LogP) is 0.0201. The third kappa shape index (κ3) is 2.79. The van der Waals surface area contributed by atoms with Gasteiger partial charge in [-0.3, -0.25) is 0 Å². The van der Waals surface area contributed by atoms with E-state index in [1.807, 2.05) is 5.32 Å². The number of hydrogen-bond donors (Lipinski definition) is 2. The first-order valence-corrected chi connectivity index (χ1v) is 3.26. The fourth-order valence-electron chi connectivity index (χ4n) is 0.596. The molecule has 0 aliphatic rings. The van der Waals surface area contributed by atoms with Gasteiger partial charge in [0.1, 0.15) is 6.67 Å². The number of hydrogen-bond acceptors (Lipinski definition) is 4. The summed E-state index contributed by atoms with van der Waals surface area (Å²) in [7, 11) is 0. The van der Waals surface area contributed by atoms with Gasteiger partial charge in [0.2, 0.25) is 0 Å². The first-order valence-electron chi connectivity index (χ1n) is 3.26. The van der Waals surface area contributed by atoms with Gasteiger partial charge in [-0.25, -0.2) is 5.32 Å². The van der Waals surface area contributed by atoms with Crippen molar-refractivity contribution in [1.29, 1.82) is 0 Å². The Bertz CT molecular complexity index is 253. The Labute approximate surface area is 67.5 Å². The lowest BCUT2D eigenvalue weighted by Crippen LogP contribution is -2.35. The Morgan fingerprint density at radius 3 is 2.83 bits per heavy atom. The zero-order valence-electron chi connectivity index (χ0n) is 6.46. The number of alkyl halides is 2. The molecule has 12 heavy (non-hydrogen) atoms. The van der Waals surface area contributed by atoms with E-state index in [1.165, 1.54) is 6.20 Å². The predicted molar refractivity (Wildman–Crippen MR) is 38.2 cm³/mol.